The second-order valence-corrected chi connectivity index (χ2v) is 1.96. The molecule has 2 nitrogen and oxygen atoms in total. The standard InChI is InChI=1S/C4H9F2NO.ClH/c1-4(7,2-8)3(5)6;/h3,8H,2,7H2,1H3;1H. The van der Waals surface area contributed by atoms with Crippen molar-refractivity contribution in [2.24, 2.45) is 5.73 Å². The van der Waals surface area contributed by atoms with E-state index in [0.717, 1.165) is 6.92 Å². The van der Waals surface area contributed by atoms with Crippen molar-refractivity contribution in [3.8, 4) is 0 Å². The molecule has 0 rings (SSSR count). The molecule has 58 valence electrons. The molecule has 0 aromatic rings. The number of rotatable bonds is 2. The summed E-state index contributed by atoms with van der Waals surface area (Å²) in [4.78, 5) is 0. The zero-order valence-corrected chi connectivity index (χ0v) is 5.79. The third kappa shape index (κ3) is 3.61. The lowest BCUT2D eigenvalue weighted by molar-refractivity contribution is 0.0284. The van der Waals surface area contributed by atoms with E-state index < -0.39 is 18.6 Å². The zero-order chi connectivity index (χ0) is 6.78. The van der Waals surface area contributed by atoms with Crippen LogP contribution in [-0.4, -0.2) is 23.7 Å². The first-order valence-corrected chi connectivity index (χ1v) is 2.18. The van der Waals surface area contributed by atoms with Gasteiger partial charge in [0, 0.05) is 0 Å². The fourth-order valence-electron chi connectivity index (χ4n) is 0.0690. The van der Waals surface area contributed by atoms with Crippen molar-refractivity contribution in [3.05, 3.63) is 0 Å². The summed E-state index contributed by atoms with van der Waals surface area (Å²) in [6.07, 6.45) is -2.66. The molecular weight excluding hydrogens is 151 g/mol. The second kappa shape index (κ2) is 3.98. The monoisotopic (exact) mass is 161 g/mol. The summed E-state index contributed by atoms with van der Waals surface area (Å²) in [5.41, 5.74) is 3.12. The molecule has 0 saturated carbocycles. The van der Waals surface area contributed by atoms with Crippen molar-refractivity contribution in [2.75, 3.05) is 6.61 Å². The average molecular weight is 162 g/mol. The second-order valence-electron chi connectivity index (χ2n) is 1.96. The fourth-order valence-corrected chi connectivity index (χ4v) is 0.0690. The highest BCUT2D eigenvalue weighted by Crippen LogP contribution is 2.09. The topological polar surface area (TPSA) is 46.2 Å². The first kappa shape index (κ1) is 11.8. The molecular formula is C4H10ClF2NO. The molecule has 0 aliphatic rings. The molecule has 1 unspecified atom stereocenters. The average Bonchev–Trinajstić information content (AvgIpc) is 1.67. The SMILES string of the molecule is CC(N)(CO)C(F)F.Cl. The number of halogens is 3. The normalized spacial score (nSPS) is 16.7. The molecule has 0 aliphatic carbocycles. The Labute approximate surface area is 58.5 Å². The summed E-state index contributed by atoms with van der Waals surface area (Å²) < 4.78 is 23.1. The fraction of sp³-hybridized carbons (Fsp3) is 1.00. The highest BCUT2D eigenvalue weighted by atomic mass is 35.5. The quantitative estimate of drug-likeness (QED) is 0.615. The molecule has 0 amide bonds. The number of alkyl halides is 2. The van der Waals surface area contributed by atoms with Gasteiger partial charge in [-0.1, -0.05) is 0 Å². The molecule has 0 fully saturated rings. The molecule has 0 aromatic heterocycles. The van der Waals surface area contributed by atoms with Crippen LogP contribution in [0.2, 0.25) is 0 Å². The number of aliphatic hydroxyl groups is 1. The lowest BCUT2D eigenvalue weighted by Gasteiger charge is -2.19. The van der Waals surface area contributed by atoms with Gasteiger partial charge in [0.2, 0.25) is 0 Å². The number of hydrogen-bond acceptors (Lipinski definition) is 2. The lowest BCUT2D eigenvalue weighted by atomic mass is 10.1. The Kier molecular flexibility index (Phi) is 5.22. The van der Waals surface area contributed by atoms with Crippen LogP contribution in [0.3, 0.4) is 0 Å². The summed E-state index contributed by atoms with van der Waals surface area (Å²) in [7, 11) is 0. The van der Waals surface area contributed by atoms with Crippen molar-refractivity contribution in [1.82, 2.24) is 0 Å². The maximum absolute atomic E-state index is 11.5. The van der Waals surface area contributed by atoms with Crippen molar-refractivity contribution in [2.45, 2.75) is 18.9 Å². The zero-order valence-electron chi connectivity index (χ0n) is 4.97. The smallest absolute Gasteiger partial charge is 0.258 e. The van der Waals surface area contributed by atoms with Crippen LogP contribution in [0.25, 0.3) is 0 Å². The number of nitrogens with two attached hydrogens (primary N) is 1. The molecule has 0 saturated heterocycles. The minimum Gasteiger partial charge on any atom is -0.394 e. The lowest BCUT2D eigenvalue weighted by Crippen LogP contribution is -2.47. The van der Waals surface area contributed by atoms with Crippen LogP contribution >= 0.6 is 12.4 Å². The Balaban J connectivity index is 0. The van der Waals surface area contributed by atoms with Crippen molar-refractivity contribution in [1.29, 1.82) is 0 Å². The van der Waals surface area contributed by atoms with E-state index >= 15 is 0 Å². The Bertz CT molecular complexity index is 79.0. The molecule has 9 heavy (non-hydrogen) atoms. The van der Waals surface area contributed by atoms with E-state index in [0.29, 0.717) is 0 Å². The third-order valence-electron chi connectivity index (χ3n) is 0.839. The highest BCUT2D eigenvalue weighted by Gasteiger charge is 2.28. The van der Waals surface area contributed by atoms with Crippen LogP contribution in [0, 0.1) is 0 Å². The van der Waals surface area contributed by atoms with Gasteiger partial charge in [-0.3, -0.25) is 0 Å². The Hall–Kier alpha value is 0.0700. The maximum atomic E-state index is 11.5. The minimum absolute atomic E-state index is 0. The van der Waals surface area contributed by atoms with Gasteiger partial charge >= 0.3 is 0 Å². The summed E-state index contributed by atoms with van der Waals surface area (Å²) in [5.74, 6) is 0. The van der Waals surface area contributed by atoms with E-state index in [1.54, 1.807) is 0 Å². The van der Waals surface area contributed by atoms with Gasteiger partial charge < -0.3 is 10.8 Å². The summed E-state index contributed by atoms with van der Waals surface area (Å²) in [6, 6.07) is 0. The van der Waals surface area contributed by atoms with Crippen molar-refractivity contribution in [3.63, 3.8) is 0 Å². The van der Waals surface area contributed by atoms with E-state index in [1.165, 1.54) is 0 Å². The predicted molar refractivity (Wildman–Crippen MR) is 32.9 cm³/mol. The summed E-state index contributed by atoms with van der Waals surface area (Å²) >= 11 is 0. The first-order valence-electron chi connectivity index (χ1n) is 2.18. The first-order chi connectivity index (χ1) is 3.50. The van der Waals surface area contributed by atoms with Crippen LogP contribution < -0.4 is 5.73 Å². The van der Waals surface area contributed by atoms with Crippen LogP contribution in [0.4, 0.5) is 8.78 Å². The van der Waals surface area contributed by atoms with Crippen LogP contribution in [-0.2, 0) is 0 Å². The molecule has 0 bridgehead atoms. The van der Waals surface area contributed by atoms with Crippen LogP contribution in [0.15, 0.2) is 0 Å². The molecule has 0 aliphatic heterocycles. The molecule has 3 N–H and O–H groups in total. The Morgan fingerprint density at radius 3 is 2.00 bits per heavy atom. The van der Waals surface area contributed by atoms with E-state index in [4.69, 9.17) is 10.8 Å². The van der Waals surface area contributed by atoms with E-state index in [9.17, 15) is 8.78 Å². The molecule has 0 radical (unpaired) electrons. The van der Waals surface area contributed by atoms with Gasteiger partial charge in [0.05, 0.1) is 12.1 Å². The molecule has 5 heteroatoms. The van der Waals surface area contributed by atoms with Crippen LogP contribution in [0.5, 0.6) is 0 Å². The van der Waals surface area contributed by atoms with Gasteiger partial charge in [-0.2, -0.15) is 0 Å². The van der Waals surface area contributed by atoms with Gasteiger partial charge in [-0.25, -0.2) is 8.78 Å². The number of aliphatic hydroxyl groups excluding tert-OH is 1. The predicted octanol–water partition coefficient (Wildman–Crippen LogP) is 0.383. The number of hydrogen-bond donors (Lipinski definition) is 2. The van der Waals surface area contributed by atoms with Gasteiger partial charge in [0.15, 0.2) is 0 Å². The summed E-state index contributed by atoms with van der Waals surface area (Å²) in [5, 5.41) is 8.16. The third-order valence-corrected chi connectivity index (χ3v) is 0.839. The van der Waals surface area contributed by atoms with Crippen molar-refractivity contribution < 1.29 is 13.9 Å². The minimum atomic E-state index is -2.66. The van der Waals surface area contributed by atoms with Gasteiger partial charge in [-0.15, -0.1) is 12.4 Å². The van der Waals surface area contributed by atoms with Gasteiger partial charge in [-0.05, 0) is 6.92 Å². The highest BCUT2D eigenvalue weighted by molar-refractivity contribution is 5.85. The summed E-state index contributed by atoms with van der Waals surface area (Å²) in [6.45, 7) is 0.405. The van der Waals surface area contributed by atoms with Gasteiger partial charge in [0.25, 0.3) is 6.43 Å². The molecule has 1 atom stereocenters. The Morgan fingerprint density at radius 1 is 1.67 bits per heavy atom. The van der Waals surface area contributed by atoms with Gasteiger partial charge in [0.1, 0.15) is 0 Å². The Morgan fingerprint density at radius 2 is 2.00 bits per heavy atom. The van der Waals surface area contributed by atoms with E-state index in [2.05, 4.69) is 0 Å². The maximum Gasteiger partial charge on any atom is 0.258 e. The van der Waals surface area contributed by atoms with E-state index in [-0.39, 0.29) is 12.4 Å². The molecule has 0 aromatic carbocycles. The van der Waals surface area contributed by atoms with Crippen LogP contribution in [0.1, 0.15) is 6.92 Å². The van der Waals surface area contributed by atoms with E-state index in [1.807, 2.05) is 0 Å². The molecule has 0 heterocycles. The van der Waals surface area contributed by atoms with Crippen molar-refractivity contribution >= 4 is 12.4 Å². The largest absolute Gasteiger partial charge is 0.394 e. The molecule has 0 spiro atoms.